The lowest BCUT2D eigenvalue weighted by molar-refractivity contribution is 0.381. The van der Waals surface area contributed by atoms with Gasteiger partial charge < -0.3 is 5.32 Å². The zero-order chi connectivity index (χ0) is 10.4. The second-order valence-corrected chi connectivity index (χ2v) is 4.60. The van der Waals surface area contributed by atoms with Crippen LogP contribution in [0.1, 0.15) is 52.4 Å². The Balaban J connectivity index is 2.21. The first-order valence-corrected chi connectivity index (χ1v) is 5.86. The normalized spacial score (nSPS) is 20.1. The predicted molar refractivity (Wildman–Crippen MR) is 58.9 cm³/mol. The molecule has 1 fully saturated rings. The van der Waals surface area contributed by atoms with Crippen LogP contribution in [0.3, 0.4) is 0 Å². The van der Waals surface area contributed by atoms with E-state index in [9.17, 15) is 0 Å². The van der Waals surface area contributed by atoms with Crippen molar-refractivity contribution in [1.82, 2.24) is 5.32 Å². The quantitative estimate of drug-likeness (QED) is 0.676. The van der Waals surface area contributed by atoms with Crippen LogP contribution in [0.4, 0.5) is 0 Å². The van der Waals surface area contributed by atoms with Gasteiger partial charge >= 0.3 is 0 Å². The Hall–Kier alpha value is -0.550. The number of rotatable bonds is 7. The Morgan fingerprint density at radius 2 is 2.14 bits per heavy atom. The van der Waals surface area contributed by atoms with Crippen LogP contribution in [0.15, 0.2) is 0 Å². The van der Waals surface area contributed by atoms with E-state index < -0.39 is 0 Å². The fourth-order valence-corrected chi connectivity index (χ4v) is 2.05. The third-order valence-corrected chi connectivity index (χ3v) is 3.33. The smallest absolute Gasteiger partial charge is 0.0638 e. The molecule has 1 aliphatic rings. The van der Waals surface area contributed by atoms with Crippen LogP contribution >= 0.6 is 0 Å². The molecule has 1 saturated carbocycles. The molecule has 0 amide bonds. The van der Waals surface area contributed by atoms with Crippen molar-refractivity contribution in [3.63, 3.8) is 0 Å². The molecule has 0 aromatic rings. The first kappa shape index (κ1) is 11.5. The summed E-state index contributed by atoms with van der Waals surface area (Å²) in [6.45, 7) is 5.53. The fourth-order valence-electron chi connectivity index (χ4n) is 2.05. The maximum atomic E-state index is 8.63. The Labute approximate surface area is 87.7 Å². The van der Waals surface area contributed by atoms with Crippen molar-refractivity contribution in [2.45, 2.75) is 58.4 Å². The van der Waals surface area contributed by atoms with Crippen LogP contribution in [-0.4, -0.2) is 12.6 Å². The fraction of sp³-hybridized carbons (Fsp3) is 0.917. The first-order valence-electron chi connectivity index (χ1n) is 5.86. The van der Waals surface area contributed by atoms with E-state index in [1.807, 2.05) is 0 Å². The number of hydrogen-bond acceptors (Lipinski definition) is 2. The van der Waals surface area contributed by atoms with Crippen molar-refractivity contribution >= 4 is 0 Å². The van der Waals surface area contributed by atoms with Gasteiger partial charge in [-0.2, -0.15) is 5.26 Å². The minimum absolute atomic E-state index is 0.411. The van der Waals surface area contributed by atoms with E-state index in [1.165, 1.54) is 25.7 Å². The van der Waals surface area contributed by atoms with Gasteiger partial charge in [0.1, 0.15) is 0 Å². The summed E-state index contributed by atoms with van der Waals surface area (Å²) in [6.07, 6.45) is 7.13. The maximum absolute atomic E-state index is 8.63. The molecule has 0 bridgehead atoms. The molecule has 1 atom stereocenters. The minimum Gasteiger partial charge on any atom is -0.312 e. The van der Waals surface area contributed by atoms with Crippen molar-refractivity contribution in [3.8, 4) is 6.07 Å². The summed E-state index contributed by atoms with van der Waals surface area (Å²) in [4.78, 5) is 0. The Morgan fingerprint density at radius 1 is 1.43 bits per heavy atom. The second kappa shape index (κ2) is 5.36. The van der Waals surface area contributed by atoms with Crippen molar-refractivity contribution in [2.24, 2.45) is 5.41 Å². The lowest BCUT2D eigenvalue weighted by Gasteiger charge is -2.19. The van der Waals surface area contributed by atoms with E-state index in [4.69, 9.17) is 5.26 Å². The van der Waals surface area contributed by atoms with Gasteiger partial charge in [-0.05, 0) is 31.1 Å². The predicted octanol–water partition coefficient (Wildman–Crippen LogP) is 2.85. The topological polar surface area (TPSA) is 35.8 Å². The van der Waals surface area contributed by atoms with Gasteiger partial charge in [-0.3, -0.25) is 0 Å². The molecular formula is C12H22N2. The van der Waals surface area contributed by atoms with Crippen LogP contribution < -0.4 is 5.32 Å². The SMILES string of the molecule is CCCC1(CNC(CC)CC#N)CC1. The van der Waals surface area contributed by atoms with Crippen LogP contribution in [-0.2, 0) is 0 Å². The molecule has 1 unspecified atom stereocenters. The third-order valence-electron chi connectivity index (χ3n) is 3.33. The minimum atomic E-state index is 0.411. The molecule has 1 rings (SSSR count). The summed E-state index contributed by atoms with van der Waals surface area (Å²) < 4.78 is 0. The summed E-state index contributed by atoms with van der Waals surface area (Å²) in [5.41, 5.74) is 0.609. The number of nitrogens with one attached hydrogen (secondary N) is 1. The summed E-state index contributed by atoms with van der Waals surface area (Å²) in [5, 5.41) is 12.2. The van der Waals surface area contributed by atoms with Gasteiger partial charge in [0.2, 0.25) is 0 Å². The highest BCUT2D eigenvalue weighted by Gasteiger charge is 2.41. The van der Waals surface area contributed by atoms with E-state index in [0.717, 1.165) is 13.0 Å². The van der Waals surface area contributed by atoms with Gasteiger partial charge in [-0.25, -0.2) is 0 Å². The summed E-state index contributed by atoms with van der Waals surface area (Å²) in [5.74, 6) is 0. The number of nitrogens with zero attached hydrogens (tertiary/aromatic N) is 1. The molecule has 0 aromatic carbocycles. The first-order chi connectivity index (χ1) is 6.76. The van der Waals surface area contributed by atoms with Gasteiger partial charge in [-0.15, -0.1) is 0 Å². The van der Waals surface area contributed by atoms with Crippen LogP contribution in [0.5, 0.6) is 0 Å². The van der Waals surface area contributed by atoms with E-state index >= 15 is 0 Å². The monoisotopic (exact) mass is 194 g/mol. The molecule has 0 aromatic heterocycles. The van der Waals surface area contributed by atoms with Crippen molar-refractivity contribution in [3.05, 3.63) is 0 Å². The average Bonchev–Trinajstić information content (AvgIpc) is 2.94. The molecule has 0 saturated heterocycles. The van der Waals surface area contributed by atoms with E-state index in [2.05, 4.69) is 25.2 Å². The highest BCUT2D eigenvalue weighted by Crippen LogP contribution is 2.49. The maximum Gasteiger partial charge on any atom is 0.0638 e. The molecule has 1 N–H and O–H groups in total. The molecule has 1 aliphatic carbocycles. The zero-order valence-corrected chi connectivity index (χ0v) is 9.47. The van der Waals surface area contributed by atoms with Crippen LogP contribution in [0.2, 0.25) is 0 Å². The molecular weight excluding hydrogens is 172 g/mol. The highest BCUT2D eigenvalue weighted by molar-refractivity contribution is 4.95. The molecule has 2 heteroatoms. The highest BCUT2D eigenvalue weighted by atomic mass is 14.9. The number of nitriles is 1. The van der Waals surface area contributed by atoms with Crippen LogP contribution in [0.25, 0.3) is 0 Å². The van der Waals surface area contributed by atoms with Crippen LogP contribution in [0, 0.1) is 16.7 Å². The zero-order valence-electron chi connectivity index (χ0n) is 9.47. The summed E-state index contributed by atoms with van der Waals surface area (Å²) in [7, 11) is 0. The van der Waals surface area contributed by atoms with E-state index in [-0.39, 0.29) is 0 Å². The molecule has 0 radical (unpaired) electrons. The second-order valence-electron chi connectivity index (χ2n) is 4.60. The van der Waals surface area contributed by atoms with E-state index in [0.29, 0.717) is 17.9 Å². The largest absolute Gasteiger partial charge is 0.312 e. The van der Waals surface area contributed by atoms with Gasteiger partial charge in [0.05, 0.1) is 12.5 Å². The molecule has 0 heterocycles. The van der Waals surface area contributed by atoms with Gasteiger partial charge in [-0.1, -0.05) is 20.3 Å². The van der Waals surface area contributed by atoms with Crippen molar-refractivity contribution in [2.75, 3.05) is 6.54 Å². The summed E-state index contributed by atoms with van der Waals surface area (Å²) in [6, 6.07) is 2.66. The third kappa shape index (κ3) is 3.31. The Morgan fingerprint density at radius 3 is 2.57 bits per heavy atom. The lowest BCUT2D eigenvalue weighted by Crippen LogP contribution is -2.33. The lowest BCUT2D eigenvalue weighted by atomic mass is 10.00. The Bertz CT molecular complexity index is 201. The molecule has 80 valence electrons. The van der Waals surface area contributed by atoms with Crippen molar-refractivity contribution < 1.29 is 0 Å². The molecule has 2 nitrogen and oxygen atoms in total. The molecule has 0 aliphatic heterocycles. The van der Waals surface area contributed by atoms with E-state index in [1.54, 1.807) is 0 Å². The Kier molecular flexibility index (Phi) is 4.41. The summed E-state index contributed by atoms with van der Waals surface area (Å²) >= 11 is 0. The van der Waals surface area contributed by atoms with Crippen molar-refractivity contribution in [1.29, 1.82) is 5.26 Å². The standard InChI is InChI=1S/C12H22N2/c1-3-6-12(7-8-12)10-14-11(4-2)5-9-13/h11,14H,3-8,10H2,1-2H3. The average molecular weight is 194 g/mol. The molecule has 0 spiro atoms. The molecule has 14 heavy (non-hydrogen) atoms. The van der Waals surface area contributed by atoms with Gasteiger partial charge in [0.15, 0.2) is 0 Å². The van der Waals surface area contributed by atoms with Gasteiger partial charge in [0.25, 0.3) is 0 Å². The number of hydrogen-bond donors (Lipinski definition) is 1. The van der Waals surface area contributed by atoms with Gasteiger partial charge in [0, 0.05) is 12.6 Å².